The molecule has 0 fully saturated rings. The molecule has 2 rings (SSSR count). The number of nitrogens with one attached hydrogen (secondary N) is 1. The second-order valence-electron chi connectivity index (χ2n) is 2.51. The Kier molecular flexibility index (Phi) is 2.16. The summed E-state index contributed by atoms with van der Waals surface area (Å²) in [7, 11) is 0. The summed E-state index contributed by atoms with van der Waals surface area (Å²) in [5, 5.41) is 6.18. The van der Waals surface area contributed by atoms with E-state index in [1.807, 2.05) is 0 Å². The van der Waals surface area contributed by atoms with Crippen LogP contribution in [0.4, 0.5) is 4.39 Å². The minimum Gasteiger partial charge on any atom is -0.465 e. The fraction of sp³-hybridized carbons (Fsp3) is 0.286. The molecule has 0 aliphatic carbocycles. The quantitative estimate of drug-likeness (QED) is 0.766. The molecule has 0 aliphatic rings. The Morgan fingerprint density at radius 3 is 3.21 bits per heavy atom. The molecule has 7 heteroatoms. The van der Waals surface area contributed by atoms with Gasteiger partial charge in [-0.1, -0.05) is 0 Å². The molecule has 0 atom stereocenters. The molecule has 1 N–H and O–H groups in total. The van der Waals surface area contributed by atoms with Crippen LogP contribution in [0.25, 0.3) is 5.65 Å². The molecule has 0 amide bonds. The van der Waals surface area contributed by atoms with Crippen molar-refractivity contribution >= 4 is 17.9 Å². The number of fused-ring (bicyclic) bond motifs is 1. The van der Waals surface area contributed by atoms with Gasteiger partial charge in [-0.2, -0.15) is 5.10 Å². The van der Waals surface area contributed by atoms with Gasteiger partial charge in [0.2, 0.25) is 10.4 Å². The molecule has 0 saturated heterocycles. The average molecular weight is 214 g/mol. The highest BCUT2D eigenvalue weighted by Gasteiger charge is 2.10. The number of rotatable bonds is 2. The molecule has 5 nitrogen and oxygen atoms in total. The second-order valence-corrected chi connectivity index (χ2v) is 2.90. The number of nitrogens with zero attached hydrogens (tertiary/aromatic N) is 3. The molecule has 0 spiro atoms. The van der Waals surface area contributed by atoms with Gasteiger partial charge < -0.3 is 4.74 Å². The van der Waals surface area contributed by atoms with Crippen molar-refractivity contribution in [3.63, 3.8) is 0 Å². The minimum atomic E-state index is -0.541. The van der Waals surface area contributed by atoms with Crippen LogP contribution in [0.3, 0.4) is 0 Å². The molecule has 2 heterocycles. The maximum Gasteiger partial charge on any atom is 0.304 e. The molecular weight excluding hydrogens is 207 g/mol. The molecule has 74 valence electrons. The molecule has 2 aromatic heterocycles. The second kappa shape index (κ2) is 3.33. The Bertz CT molecular complexity index is 520. The Balaban J connectivity index is 2.78. The summed E-state index contributed by atoms with van der Waals surface area (Å²) in [5.74, 6) is -0.541. The van der Waals surface area contributed by atoms with E-state index in [0.29, 0.717) is 6.61 Å². The van der Waals surface area contributed by atoms with Gasteiger partial charge in [-0.05, 0) is 19.1 Å². The first-order valence-corrected chi connectivity index (χ1v) is 4.39. The first-order valence-electron chi connectivity index (χ1n) is 3.98. The van der Waals surface area contributed by atoms with E-state index in [-0.39, 0.29) is 16.4 Å². The van der Waals surface area contributed by atoms with Crippen molar-refractivity contribution < 1.29 is 9.13 Å². The lowest BCUT2D eigenvalue weighted by Gasteiger charge is -2.03. The third-order valence-corrected chi connectivity index (χ3v) is 1.91. The topological polar surface area (TPSA) is 55.2 Å². The lowest BCUT2D eigenvalue weighted by molar-refractivity contribution is 0.306. The predicted octanol–water partition coefficient (Wildman–Crippen LogP) is 1.32. The van der Waals surface area contributed by atoms with Gasteiger partial charge in [0, 0.05) is 0 Å². The van der Waals surface area contributed by atoms with Crippen LogP contribution in [0.5, 0.6) is 6.01 Å². The zero-order valence-corrected chi connectivity index (χ0v) is 8.14. The van der Waals surface area contributed by atoms with Gasteiger partial charge in [-0.3, -0.25) is 5.10 Å². The standard InChI is InChI=1S/C7H7FN4OS/c1-2-13-6-9-3-4(8)5-10-11-7(14)12(5)6/h3H,2H2,1H3,(H,11,14). The van der Waals surface area contributed by atoms with Crippen LogP contribution in [0, 0.1) is 10.6 Å². The minimum absolute atomic E-state index is 0.0912. The van der Waals surface area contributed by atoms with Crippen molar-refractivity contribution in [3.8, 4) is 6.01 Å². The molecule has 0 unspecified atom stereocenters. The third kappa shape index (κ3) is 1.25. The molecule has 0 saturated carbocycles. The van der Waals surface area contributed by atoms with E-state index in [0.717, 1.165) is 6.20 Å². The van der Waals surface area contributed by atoms with Crippen LogP contribution in [-0.4, -0.2) is 26.2 Å². The van der Waals surface area contributed by atoms with Crippen molar-refractivity contribution in [2.75, 3.05) is 6.61 Å². The van der Waals surface area contributed by atoms with E-state index in [2.05, 4.69) is 15.2 Å². The van der Waals surface area contributed by atoms with Crippen molar-refractivity contribution in [3.05, 3.63) is 16.8 Å². The summed E-state index contributed by atoms with van der Waals surface area (Å²) in [6.07, 6.45) is 1.05. The molecule has 0 aromatic carbocycles. The normalized spacial score (nSPS) is 10.7. The summed E-state index contributed by atoms with van der Waals surface area (Å²) >= 11 is 4.91. The number of aromatic amines is 1. The predicted molar refractivity (Wildman–Crippen MR) is 49.3 cm³/mol. The maximum atomic E-state index is 13.2. The van der Waals surface area contributed by atoms with Gasteiger partial charge in [0.25, 0.3) is 0 Å². The molecule has 14 heavy (non-hydrogen) atoms. The number of hydrogen-bond acceptors (Lipinski definition) is 4. The smallest absolute Gasteiger partial charge is 0.304 e. The van der Waals surface area contributed by atoms with Crippen molar-refractivity contribution in [2.24, 2.45) is 0 Å². The van der Waals surface area contributed by atoms with Crippen LogP contribution in [0.2, 0.25) is 0 Å². The molecule has 0 aliphatic heterocycles. The number of halogens is 1. The SMILES string of the molecule is CCOc1ncc(F)c2n[nH]c(=S)n12. The fourth-order valence-electron chi connectivity index (χ4n) is 1.09. The summed E-state index contributed by atoms with van der Waals surface area (Å²) in [6, 6.07) is 0.239. The molecule has 0 bridgehead atoms. The van der Waals surface area contributed by atoms with Crippen molar-refractivity contribution in [1.82, 2.24) is 19.6 Å². The van der Waals surface area contributed by atoms with Crippen LogP contribution in [0.15, 0.2) is 6.20 Å². The number of aromatic nitrogens is 4. The van der Waals surface area contributed by atoms with Crippen molar-refractivity contribution in [1.29, 1.82) is 0 Å². The highest BCUT2D eigenvalue weighted by atomic mass is 32.1. The Morgan fingerprint density at radius 1 is 1.71 bits per heavy atom. The maximum absolute atomic E-state index is 13.2. The van der Waals surface area contributed by atoms with Gasteiger partial charge in [-0.25, -0.2) is 13.8 Å². The summed E-state index contributed by atoms with van der Waals surface area (Å²) in [6.45, 7) is 2.24. The van der Waals surface area contributed by atoms with Crippen molar-refractivity contribution in [2.45, 2.75) is 6.92 Å². The van der Waals surface area contributed by atoms with Gasteiger partial charge in [0.1, 0.15) is 0 Å². The van der Waals surface area contributed by atoms with Crippen LogP contribution >= 0.6 is 12.2 Å². The fourth-order valence-corrected chi connectivity index (χ4v) is 1.30. The molecular formula is C7H7FN4OS. The Labute approximate surface area is 83.5 Å². The third-order valence-electron chi connectivity index (χ3n) is 1.64. The lowest BCUT2D eigenvalue weighted by atomic mass is 10.6. The average Bonchev–Trinajstić information content (AvgIpc) is 2.55. The van der Waals surface area contributed by atoms with Crippen LogP contribution in [-0.2, 0) is 0 Å². The lowest BCUT2D eigenvalue weighted by Crippen LogP contribution is -2.02. The van der Waals surface area contributed by atoms with Gasteiger partial charge in [-0.15, -0.1) is 0 Å². The monoisotopic (exact) mass is 214 g/mol. The zero-order valence-electron chi connectivity index (χ0n) is 7.32. The van der Waals surface area contributed by atoms with Gasteiger partial charge >= 0.3 is 6.01 Å². The van der Waals surface area contributed by atoms with E-state index < -0.39 is 5.82 Å². The van der Waals surface area contributed by atoms with Gasteiger partial charge in [0.05, 0.1) is 12.8 Å². The summed E-state index contributed by atoms with van der Waals surface area (Å²) in [4.78, 5) is 3.77. The Hall–Kier alpha value is -1.50. The van der Waals surface area contributed by atoms with E-state index in [4.69, 9.17) is 17.0 Å². The van der Waals surface area contributed by atoms with Crippen LogP contribution < -0.4 is 4.74 Å². The first kappa shape index (κ1) is 9.07. The number of H-pyrrole nitrogens is 1. The van der Waals surface area contributed by atoms with E-state index in [9.17, 15) is 4.39 Å². The number of hydrogen-bond donors (Lipinski definition) is 1. The first-order chi connectivity index (χ1) is 6.74. The van der Waals surface area contributed by atoms with Gasteiger partial charge in [0.15, 0.2) is 5.82 Å². The summed E-state index contributed by atoms with van der Waals surface area (Å²) in [5.41, 5.74) is 0.0912. The molecule has 2 aromatic rings. The Morgan fingerprint density at radius 2 is 2.50 bits per heavy atom. The van der Waals surface area contributed by atoms with E-state index in [1.54, 1.807) is 6.92 Å². The largest absolute Gasteiger partial charge is 0.465 e. The highest BCUT2D eigenvalue weighted by Crippen LogP contribution is 2.13. The van der Waals surface area contributed by atoms with E-state index >= 15 is 0 Å². The van der Waals surface area contributed by atoms with E-state index in [1.165, 1.54) is 4.40 Å². The highest BCUT2D eigenvalue weighted by molar-refractivity contribution is 7.71. The molecule has 0 radical (unpaired) electrons. The summed E-state index contributed by atoms with van der Waals surface area (Å²) < 4.78 is 19.9. The number of ether oxygens (including phenoxy) is 1. The zero-order chi connectivity index (χ0) is 10.1. The van der Waals surface area contributed by atoms with Crippen LogP contribution in [0.1, 0.15) is 6.92 Å².